The zero-order valence-electron chi connectivity index (χ0n) is 18.2. The Labute approximate surface area is 185 Å². The molecule has 0 unspecified atom stereocenters. The van der Waals surface area contributed by atoms with E-state index in [9.17, 15) is 23.1 Å². The van der Waals surface area contributed by atoms with Gasteiger partial charge in [-0.15, -0.1) is 0 Å². The number of halogens is 3. The number of methoxy groups -OCH3 is 1. The van der Waals surface area contributed by atoms with Crippen LogP contribution in [0.5, 0.6) is 11.5 Å². The Morgan fingerprint density at radius 3 is 2.44 bits per heavy atom. The van der Waals surface area contributed by atoms with E-state index in [-0.39, 0.29) is 24.3 Å². The van der Waals surface area contributed by atoms with Crippen LogP contribution in [-0.2, 0) is 28.7 Å². The summed E-state index contributed by atoms with van der Waals surface area (Å²) in [5.41, 5.74) is -0.945. The molecule has 0 radical (unpaired) electrons. The molecular formula is C24H28F3NO4. The summed E-state index contributed by atoms with van der Waals surface area (Å²) >= 11 is 0. The number of benzene rings is 2. The van der Waals surface area contributed by atoms with Crippen molar-refractivity contribution >= 4 is 5.97 Å². The number of phenolic OH excluding ortho intramolecular Hbond substituents is 1. The highest BCUT2D eigenvalue weighted by Crippen LogP contribution is 2.41. The van der Waals surface area contributed by atoms with E-state index < -0.39 is 23.1 Å². The van der Waals surface area contributed by atoms with Crippen molar-refractivity contribution in [2.45, 2.75) is 38.9 Å². The molecule has 0 aliphatic carbocycles. The number of phenols is 1. The molecule has 1 fully saturated rings. The number of likely N-dealkylation sites (tertiary alicyclic amines) is 1. The lowest BCUT2D eigenvalue weighted by Gasteiger charge is -2.40. The summed E-state index contributed by atoms with van der Waals surface area (Å²) in [6, 6.07) is 10.4. The first-order valence-corrected chi connectivity index (χ1v) is 10.6. The molecule has 1 saturated heterocycles. The van der Waals surface area contributed by atoms with Crippen LogP contribution >= 0.6 is 0 Å². The number of aromatic hydroxyl groups is 1. The molecule has 1 aliphatic rings. The smallest absolute Gasteiger partial charge is 0.416 e. The third kappa shape index (κ3) is 5.35. The summed E-state index contributed by atoms with van der Waals surface area (Å²) in [5, 5.41) is 10.2. The van der Waals surface area contributed by atoms with E-state index >= 15 is 0 Å². The van der Waals surface area contributed by atoms with Crippen LogP contribution in [0.3, 0.4) is 0 Å². The lowest BCUT2D eigenvalue weighted by Crippen LogP contribution is -2.46. The van der Waals surface area contributed by atoms with Gasteiger partial charge in [0.15, 0.2) is 0 Å². The fourth-order valence-electron chi connectivity index (χ4n) is 4.25. The molecule has 0 atom stereocenters. The monoisotopic (exact) mass is 451 g/mol. The average molecular weight is 451 g/mol. The van der Waals surface area contributed by atoms with Crippen LogP contribution < -0.4 is 4.74 Å². The van der Waals surface area contributed by atoms with Crippen molar-refractivity contribution in [3.63, 3.8) is 0 Å². The highest BCUT2D eigenvalue weighted by molar-refractivity contribution is 5.77. The summed E-state index contributed by atoms with van der Waals surface area (Å²) < 4.78 is 51.1. The third-order valence-corrected chi connectivity index (χ3v) is 6.05. The first-order valence-electron chi connectivity index (χ1n) is 10.6. The Kier molecular flexibility index (Phi) is 7.33. The normalized spacial score (nSPS) is 16.5. The van der Waals surface area contributed by atoms with Gasteiger partial charge in [-0.1, -0.05) is 18.2 Å². The Balaban J connectivity index is 1.80. The average Bonchev–Trinajstić information content (AvgIpc) is 2.76. The maximum absolute atomic E-state index is 13.5. The van der Waals surface area contributed by atoms with Crippen LogP contribution in [0.15, 0.2) is 42.5 Å². The van der Waals surface area contributed by atoms with Crippen molar-refractivity contribution in [1.82, 2.24) is 4.90 Å². The second-order valence-corrected chi connectivity index (χ2v) is 8.10. The van der Waals surface area contributed by atoms with Crippen molar-refractivity contribution < 1.29 is 32.5 Å². The standard InChI is InChI=1S/C24H28F3NO4/c1-3-32-22(30)23(15-17-6-4-5-7-20(17)24(25,26)27)10-12-28(13-11-23)16-18-14-19(31-2)8-9-21(18)29/h4-9,14,29H,3,10-13,15-16H2,1-2H3. The van der Waals surface area contributed by atoms with Gasteiger partial charge in [0.05, 0.1) is 24.7 Å². The predicted octanol–water partition coefficient (Wildman–Crippen LogP) is 4.81. The van der Waals surface area contributed by atoms with E-state index in [4.69, 9.17) is 9.47 Å². The minimum absolute atomic E-state index is 0.0280. The van der Waals surface area contributed by atoms with Gasteiger partial charge in [0.2, 0.25) is 0 Å². The highest BCUT2D eigenvalue weighted by atomic mass is 19.4. The second-order valence-electron chi connectivity index (χ2n) is 8.10. The van der Waals surface area contributed by atoms with Gasteiger partial charge in [0.1, 0.15) is 11.5 Å². The number of alkyl halides is 3. The lowest BCUT2D eigenvalue weighted by atomic mass is 9.73. The SMILES string of the molecule is CCOC(=O)C1(Cc2ccccc2C(F)(F)F)CCN(Cc2cc(OC)ccc2O)CC1. The van der Waals surface area contributed by atoms with Crippen molar-refractivity contribution in [3.05, 3.63) is 59.2 Å². The number of hydrogen-bond acceptors (Lipinski definition) is 5. The van der Waals surface area contributed by atoms with Gasteiger partial charge < -0.3 is 14.6 Å². The van der Waals surface area contributed by atoms with Gasteiger partial charge in [0.25, 0.3) is 0 Å². The molecule has 2 aromatic carbocycles. The number of esters is 1. The first kappa shape index (κ1) is 23.9. The molecule has 0 saturated carbocycles. The summed E-state index contributed by atoms with van der Waals surface area (Å²) in [7, 11) is 1.55. The molecule has 0 bridgehead atoms. The largest absolute Gasteiger partial charge is 0.508 e. The number of nitrogens with zero attached hydrogens (tertiary/aromatic N) is 1. The molecule has 1 N–H and O–H groups in total. The van der Waals surface area contributed by atoms with Crippen LogP contribution in [0, 0.1) is 5.41 Å². The van der Waals surface area contributed by atoms with Gasteiger partial charge in [-0.25, -0.2) is 0 Å². The number of carbonyl (C=O) groups excluding carboxylic acids is 1. The van der Waals surface area contributed by atoms with Crippen LogP contribution in [0.1, 0.15) is 36.5 Å². The number of carbonyl (C=O) groups is 1. The zero-order valence-corrected chi connectivity index (χ0v) is 18.2. The molecule has 3 rings (SSSR count). The number of ether oxygens (including phenoxy) is 2. The predicted molar refractivity (Wildman–Crippen MR) is 113 cm³/mol. The van der Waals surface area contributed by atoms with Crippen LogP contribution in [0.25, 0.3) is 0 Å². The summed E-state index contributed by atoms with van der Waals surface area (Å²) in [6.45, 7) is 3.28. The minimum Gasteiger partial charge on any atom is -0.508 e. The van der Waals surface area contributed by atoms with Gasteiger partial charge >= 0.3 is 12.1 Å². The summed E-state index contributed by atoms with van der Waals surface area (Å²) in [5.74, 6) is 0.312. The molecule has 1 aliphatic heterocycles. The van der Waals surface area contributed by atoms with Gasteiger partial charge in [-0.2, -0.15) is 13.2 Å². The van der Waals surface area contributed by atoms with Gasteiger partial charge in [0, 0.05) is 12.1 Å². The quantitative estimate of drug-likeness (QED) is 0.613. The maximum Gasteiger partial charge on any atom is 0.416 e. The van der Waals surface area contributed by atoms with E-state index in [0.717, 1.165) is 6.07 Å². The Bertz CT molecular complexity index is 937. The minimum atomic E-state index is -4.49. The maximum atomic E-state index is 13.5. The molecular weight excluding hydrogens is 423 g/mol. The van der Waals surface area contributed by atoms with E-state index in [0.29, 0.717) is 43.8 Å². The summed E-state index contributed by atoms with van der Waals surface area (Å²) in [4.78, 5) is 15.0. The topological polar surface area (TPSA) is 59.0 Å². The van der Waals surface area contributed by atoms with Crippen molar-refractivity contribution in [1.29, 1.82) is 0 Å². The molecule has 0 amide bonds. The van der Waals surface area contributed by atoms with Gasteiger partial charge in [-0.05, 0) is 69.1 Å². The fraction of sp³-hybridized carbons (Fsp3) is 0.458. The molecule has 5 nitrogen and oxygen atoms in total. The molecule has 8 heteroatoms. The Hall–Kier alpha value is -2.74. The third-order valence-electron chi connectivity index (χ3n) is 6.05. The Morgan fingerprint density at radius 1 is 1.12 bits per heavy atom. The lowest BCUT2D eigenvalue weighted by molar-refractivity contribution is -0.159. The zero-order chi connectivity index (χ0) is 23.4. The van der Waals surface area contributed by atoms with Crippen LogP contribution in [0.2, 0.25) is 0 Å². The van der Waals surface area contributed by atoms with E-state index in [1.165, 1.54) is 12.1 Å². The molecule has 2 aromatic rings. The fourth-order valence-corrected chi connectivity index (χ4v) is 4.25. The van der Waals surface area contributed by atoms with E-state index in [2.05, 4.69) is 4.90 Å². The summed E-state index contributed by atoms with van der Waals surface area (Å²) in [6.07, 6.45) is -3.79. The second kappa shape index (κ2) is 9.81. The molecule has 0 spiro atoms. The number of rotatable bonds is 7. The van der Waals surface area contributed by atoms with Crippen molar-refractivity contribution in [3.8, 4) is 11.5 Å². The molecule has 32 heavy (non-hydrogen) atoms. The van der Waals surface area contributed by atoms with Crippen molar-refractivity contribution in [2.75, 3.05) is 26.8 Å². The first-order chi connectivity index (χ1) is 15.2. The molecule has 0 aromatic heterocycles. The number of piperidine rings is 1. The van der Waals surface area contributed by atoms with E-state index in [1.807, 2.05) is 0 Å². The number of hydrogen-bond donors (Lipinski definition) is 1. The Morgan fingerprint density at radius 2 is 1.81 bits per heavy atom. The van der Waals surface area contributed by atoms with Crippen LogP contribution in [0.4, 0.5) is 13.2 Å². The van der Waals surface area contributed by atoms with Crippen LogP contribution in [-0.4, -0.2) is 42.8 Å². The van der Waals surface area contributed by atoms with Crippen molar-refractivity contribution in [2.24, 2.45) is 5.41 Å². The molecule has 1 heterocycles. The van der Waals surface area contributed by atoms with E-state index in [1.54, 1.807) is 38.3 Å². The molecule has 174 valence electrons. The van der Waals surface area contributed by atoms with Gasteiger partial charge in [-0.3, -0.25) is 9.69 Å². The highest BCUT2D eigenvalue weighted by Gasteiger charge is 2.44.